The van der Waals surface area contributed by atoms with Gasteiger partial charge in [0.15, 0.2) is 0 Å². The third-order valence-electron chi connectivity index (χ3n) is 8.93. The van der Waals surface area contributed by atoms with E-state index in [0.717, 1.165) is 109 Å². The fraction of sp³-hybridized carbons (Fsp3) is 0.837. The van der Waals surface area contributed by atoms with Crippen LogP contribution >= 0.6 is 0 Å². The van der Waals surface area contributed by atoms with E-state index in [2.05, 4.69) is 26.0 Å². The lowest BCUT2D eigenvalue weighted by Gasteiger charge is -2.18. The molecule has 0 aromatic heterocycles. The van der Waals surface area contributed by atoms with Crippen LogP contribution in [0.15, 0.2) is 24.3 Å². The topological polar surface area (TPSA) is 110 Å². The Morgan fingerprint density at radius 3 is 1.28 bits per heavy atom. The number of ether oxygens (including phenoxy) is 6. The predicted octanol–water partition coefficient (Wildman–Crippen LogP) is 12.3. The summed E-state index contributed by atoms with van der Waals surface area (Å²) in [5, 5.41) is 0. The molecule has 310 valence electrons. The second kappa shape index (κ2) is 40.4. The number of carbonyl (C=O) groups is 3. The van der Waals surface area contributed by atoms with Gasteiger partial charge >= 0.3 is 18.5 Å². The van der Waals surface area contributed by atoms with Gasteiger partial charge in [-0.1, -0.05) is 134 Å². The Morgan fingerprint density at radius 2 is 0.849 bits per heavy atom. The molecule has 0 saturated carbocycles. The SMILES string of the molecule is CCCCCCC=CCOC(=O)OCCCCCCCCCC(CCCCCCCCOC(=O)OCC=CCCCCCC)OC(=O)OCCN(C)C. The van der Waals surface area contributed by atoms with Gasteiger partial charge in [-0.2, -0.15) is 0 Å². The van der Waals surface area contributed by atoms with Gasteiger partial charge in [-0.05, 0) is 78.3 Å². The van der Waals surface area contributed by atoms with E-state index in [1.54, 1.807) is 0 Å². The molecule has 0 fully saturated rings. The summed E-state index contributed by atoms with van der Waals surface area (Å²) in [6.07, 6.45) is 33.0. The van der Waals surface area contributed by atoms with Crippen LogP contribution in [-0.2, 0) is 28.4 Å². The number of nitrogens with zero attached hydrogens (tertiary/aromatic N) is 1. The molecule has 53 heavy (non-hydrogen) atoms. The number of allylic oxidation sites excluding steroid dienone is 2. The highest BCUT2D eigenvalue weighted by atomic mass is 16.7. The molecule has 0 aliphatic heterocycles. The van der Waals surface area contributed by atoms with Crippen LogP contribution in [0.1, 0.15) is 174 Å². The van der Waals surface area contributed by atoms with Gasteiger partial charge in [-0.3, -0.25) is 0 Å². The molecule has 0 aromatic carbocycles. The zero-order valence-electron chi connectivity index (χ0n) is 34.4. The van der Waals surface area contributed by atoms with Crippen molar-refractivity contribution >= 4 is 18.5 Å². The van der Waals surface area contributed by atoms with E-state index < -0.39 is 18.5 Å². The first kappa shape index (κ1) is 50.2. The van der Waals surface area contributed by atoms with Crippen LogP contribution < -0.4 is 0 Å². The Labute approximate surface area is 324 Å². The lowest BCUT2D eigenvalue weighted by Crippen LogP contribution is -2.23. The molecule has 0 radical (unpaired) electrons. The first-order chi connectivity index (χ1) is 25.9. The maximum absolute atomic E-state index is 12.3. The Bertz CT molecular complexity index is 893. The Morgan fingerprint density at radius 1 is 0.453 bits per heavy atom. The van der Waals surface area contributed by atoms with Crippen molar-refractivity contribution in [1.29, 1.82) is 0 Å². The van der Waals surface area contributed by atoms with Crippen LogP contribution in [0.5, 0.6) is 0 Å². The van der Waals surface area contributed by atoms with Gasteiger partial charge in [0.1, 0.15) is 25.9 Å². The van der Waals surface area contributed by atoms with E-state index in [9.17, 15) is 14.4 Å². The number of likely N-dealkylation sites (N-methyl/N-ethyl adjacent to an activating group) is 1. The highest BCUT2D eigenvalue weighted by Gasteiger charge is 2.15. The highest BCUT2D eigenvalue weighted by Crippen LogP contribution is 2.18. The van der Waals surface area contributed by atoms with E-state index in [4.69, 9.17) is 28.4 Å². The largest absolute Gasteiger partial charge is 0.508 e. The zero-order chi connectivity index (χ0) is 38.9. The Kier molecular flexibility index (Phi) is 38.3. The minimum absolute atomic E-state index is 0.129. The molecule has 0 aromatic rings. The minimum Gasteiger partial charge on any atom is -0.434 e. The smallest absolute Gasteiger partial charge is 0.434 e. The van der Waals surface area contributed by atoms with Crippen molar-refractivity contribution in [2.24, 2.45) is 0 Å². The summed E-state index contributed by atoms with van der Waals surface area (Å²) in [5.74, 6) is 0. The molecule has 1 atom stereocenters. The summed E-state index contributed by atoms with van der Waals surface area (Å²) in [5.41, 5.74) is 0. The third kappa shape index (κ3) is 40.3. The van der Waals surface area contributed by atoms with Gasteiger partial charge < -0.3 is 33.3 Å². The number of hydrogen-bond donors (Lipinski definition) is 0. The standard InChI is InChI=1S/C43H79NO9/c1-5-7-9-11-16-22-28-35-48-41(45)50-37-30-24-18-13-14-20-26-32-40(53-43(47)52-39-34-44(3)4)33-27-21-15-19-25-31-38-51-42(46)49-36-29-23-17-12-10-8-6-2/h22-23,28-29,40H,5-21,24-27,30-39H2,1-4H3. The molecule has 0 aliphatic rings. The van der Waals surface area contributed by atoms with Gasteiger partial charge in [0.25, 0.3) is 0 Å². The van der Waals surface area contributed by atoms with Gasteiger partial charge in [-0.25, -0.2) is 14.4 Å². The second-order valence-corrected chi connectivity index (χ2v) is 14.3. The van der Waals surface area contributed by atoms with Crippen molar-refractivity contribution in [3.8, 4) is 0 Å². The monoisotopic (exact) mass is 754 g/mol. The van der Waals surface area contributed by atoms with Crippen LogP contribution in [0.3, 0.4) is 0 Å². The number of carbonyl (C=O) groups excluding carboxylic acids is 3. The van der Waals surface area contributed by atoms with Crippen molar-refractivity contribution in [3.63, 3.8) is 0 Å². The van der Waals surface area contributed by atoms with E-state index in [1.807, 2.05) is 31.1 Å². The number of unbranched alkanes of at least 4 members (excludes halogenated alkanes) is 19. The predicted molar refractivity (Wildman–Crippen MR) is 214 cm³/mol. The molecule has 0 spiro atoms. The molecule has 0 N–H and O–H groups in total. The molecule has 10 heteroatoms. The Balaban J connectivity index is 4.00. The molecule has 0 aliphatic carbocycles. The summed E-state index contributed by atoms with van der Waals surface area (Å²) in [7, 11) is 3.88. The summed E-state index contributed by atoms with van der Waals surface area (Å²) in [6, 6.07) is 0. The first-order valence-corrected chi connectivity index (χ1v) is 21.3. The average Bonchev–Trinajstić information content (AvgIpc) is 3.13. The summed E-state index contributed by atoms with van der Waals surface area (Å²) in [6.45, 7) is 6.70. The zero-order valence-corrected chi connectivity index (χ0v) is 34.4. The molecule has 0 saturated heterocycles. The maximum Gasteiger partial charge on any atom is 0.508 e. The van der Waals surface area contributed by atoms with Crippen molar-refractivity contribution in [3.05, 3.63) is 24.3 Å². The average molecular weight is 754 g/mol. The fourth-order valence-electron chi connectivity index (χ4n) is 5.66. The molecule has 0 heterocycles. The third-order valence-corrected chi connectivity index (χ3v) is 8.93. The molecule has 10 nitrogen and oxygen atoms in total. The number of hydrogen-bond acceptors (Lipinski definition) is 10. The summed E-state index contributed by atoms with van der Waals surface area (Å²) >= 11 is 0. The molecule has 0 rings (SSSR count). The van der Waals surface area contributed by atoms with Crippen LogP contribution in [-0.4, -0.2) is 83.1 Å². The van der Waals surface area contributed by atoms with Gasteiger partial charge in [0.2, 0.25) is 0 Å². The van der Waals surface area contributed by atoms with Gasteiger partial charge in [0, 0.05) is 6.54 Å². The highest BCUT2D eigenvalue weighted by molar-refractivity contribution is 5.60. The summed E-state index contributed by atoms with van der Waals surface area (Å²) < 4.78 is 31.5. The molecular weight excluding hydrogens is 674 g/mol. The van der Waals surface area contributed by atoms with Gasteiger partial charge in [-0.15, -0.1) is 0 Å². The fourth-order valence-corrected chi connectivity index (χ4v) is 5.66. The first-order valence-electron chi connectivity index (χ1n) is 21.3. The van der Waals surface area contributed by atoms with Crippen LogP contribution in [0.25, 0.3) is 0 Å². The van der Waals surface area contributed by atoms with E-state index in [0.29, 0.717) is 26.4 Å². The molecule has 0 bridgehead atoms. The van der Waals surface area contributed by atoms with Crippen molar-refractivity contribution in [1.82, 2.24) is 4.90 Å². The van der Waals surface area contributed by atoms with Crippen molar-refractivity contribution in [2.45, 2.75) is 180 Å². The maximum atomic E-state index is 12.3. The van der Waals surface area contributed by atoms with Crippen LogP contribution in [0.2, 0.25) is 0 Å². The van der Waals surface area contributed by atoms with Crippen molar-refractivity contribution < 1.29 is 42.8 Å². The van der Waals surface area contributed by atoms with Crippen LogP contribution in [0.4, 0.5) is 14.4 Å². The van der Waals surface area contributed by atoms with Crippen LogP contribution in [0, 0.1) is 0 Å². The summed E-state index contributed by atoms with van der Waals surface area (Å²) in [4.78, 5) is 37.7. The molecular formula is C43H79NO9. The van der Waals surface area contributed by atoms with Gasteiger partial charge in [0.05, 0.1) is 13.2 Å². The lowest BCUT2D eigenvalue weighted by atomic mass is 10.0. The van der Waals surface area contributed by atoms with Crippen molar-refractivity contribution in [2.75, 3.05) is 53.7 Å². The second-order valence-electron chi connectivity index (χ2n) is 14.3. The van der Waals surface area contributed by atoms with E-state index in [1.165, 1.54) is 51.4 Å². The normalized spacial score (nSPS) is 12.0. The molecule has 1 unspecified atom stereocenters. The number of rotatable bonds is 37. The molecule has 0 amide bonds. The minimum atomic E-state index is -0.597. The van der Waals surface area contributed by atoms with E-state index >= 15 is 0 Å². The lowest BCUT2D eigenvalue weighted by molar-refractivity contribution is 0.0138. The Hall–Kier alpha value is -2.75. The van der Waals surface area contributed by atoms with E-state index in [-0.39, 0.29) is 19.3 Å². The quantitative estimate of drug-likeness (QED) is 0.0263.